The van der Waals surface area contributed by atoms with E-state index in [-0.39, 0.29) is 18.9 Å². The number of nitrogens with zero attached hydrogens (tertiary/aromatic N) is 1. The molecule has 0 aliphatic carbocycles. The molecule has 0 bridgehead atoms. The number of rotatable bonds is 6. The second-order valence-corrected chi connectivity index (χ2v) is 6.49. The fraction of sp³-hybridized carbons (Fsp3) is 0.438. The molecule has 1 heterocycles. The van der Waals surface area contributed by atoms with Gasteiger partial charge in [-0.1, -0.05) is 6.07 Å². The van der Waals surface area contributed by atoms with Gasteiger partial charge in [0, 0.05) is 23.5 Å². The number of thioether (sulfide) groups is 1. The van der Waals surface area contributed by atoms with Crippen LogP contribution in [0, 0.1) is 5.92 Å². The fourth-order valence-corrected chi connectivity index (χ4v) is 2.85. The van der Waals surface area contributed by atoms with Crippen molar-refractivity contribution in [2.45, 2.75) is 17.5 Å². The zero-order valence-electron chi connectivity index (χ0n) is 13.8. The Labute approximate surface area is 152 Å². The van der Waals surface area contributed by atoms with Gasteiger partial charge in [0.15, 0.2) is 6.61 Å². The van der Waals surface area contributed by atoms with E-state index in [2.05, 4.69) is 0 Å². The summed E-state index contributed by atoms with van der Waals surface area (Å²) in [7, 11) is 0. The zero-order valence-corrected chi connectivity index (χ0v) is 14.7. The number of benzene rings is 1. The minimum atomic E-state index is -4.54. The van der Waals surface area contributed by atoms with E-state index in [0.717, 1.165) is 4.90 Å². The lowest BCUT2D eigenvalue weighted by atomic mass is 10.1. The molecule has 0 saturated carbocycles. The summed E-state index contributed by atoms with van der Waals surface area (Å²) < 4.78 is 40.7. The minimum absolute atomic E-state index is 0.0769. The van der Waals surface area contributed by atoms with E-state index in [1.165, 1.54) is 16.7 Å². The topological polar surface area (TPSA) is 75.7 Å². The van der Waals surface area contributed by atoms with Crippen LogP contribution < -0.4 is 10.2 Å². The zero-order chi connectivity index (χ0) is 19.3. The molecule has 142 valence electrons. The van der Waals surface area contributed by atoms with Gasteiger partial charge in [-0.2, -0.15) is 13.2 Å². The Morgan fingerprint density at radius 2 is 2.12 bits per heavy atom. The van der Waals surface area contributed by atoms with Crippen molar-refractivity contribution in [3.8, 4) is 0 Å². The number of anilines is 1. The minimum Gasteiger partial charge on any atom is -0.455 e. The second-order valence-electron chi connectivity index (χ2n) is 5.61. The summed E-state index contributed by atoms with van der Waals surface area (Å²) in [5.74, 6) is -2.86. The van der Waals surface area contributed by atoms with Crippen molar-refractivity contribution in [3.63, 3.8) is 0 Å². The number of halogens is 3. The summed E-state index contributed by atoms with van der Waals surface area (Å²) in [5, 5.41) is 1.60. The van der Waals surface area contributed by atoms with Crippen molar-refractivity contribution >= 4 is 35.2 Å². The Kier molecular flexibility index (Phi) is 6.52. The molecular weight excluding hydrogens is 373 g/mol. The average Bonchev–Trinajstić information content (AvgIpc) is 2.99. The molecule has 0 unspecified atom stereocenters. The van der Waals surface area contributed by atoms with Gasteiger partial charge in [0.2, 0.25) is 5.91 Å². The van der Waals surface area contributed by atoms with Crippen LogP contribution in [-0.4, -0.2) is 49.9 Å². The highest BCUT2D eigenvalue weighted by atomic mass is 32.2. The molecule has 1 aromatic carbocycles. The molecule has 2 amide bonds. The van der Waals surface area contributed by atoms with E-state index in [9.17, 15) is 27.6 Å². The predicted molar refractivity (Wildman–Crippen MR) is 88.7 cm³/mol. The molecule has 1 fully saturated rings. The van der Waals surface area contributed by atoms with Crippen molar-refractivity contribution in [3.05, 3.63) is 24.3 Å². The maximum atomic E-state index is 12.1. The standard InChI is InChI=1S/C16H17F3N2O4S/c1-26-12-4-2-3-11(6-12)21-7-10(5-14(21)23)15(24)25-8-13(22)20-9-16(17,18)19/h2-4,6,10H,5,7-9H2,1H3,(H,20,22)/t10-/m0/s1. The van der Waals surface area contributed by atoms with E-state index >= 15 is 0 Å². The van der Waals surface area contributed by atoms with Crippen molar-refractivity contribution in [1.29, 1.82) is 0 Å². The van der Waals surface area contributed by atoms with E-state index in [1.807, 2.05) is 18.4 Å². The lowest BCUT2D eigenvalue weighted by Gasteiger charge is -2.17. The molecule has 0 radical (unpaired) electrons. The first-order valence-corrected chi connectivity index (χ1v) is 8.86. The van der Waals surface area contributed by atoms with Crippen LogP contribution in [0.5, 0.6) is 0 Å². The van der Waals surface area contributed by atoms with Crippen molar-refractivity contribution in [1.82, 2.24) is 5.32 Å². The molecule has 26 heavy (non-hydrogen) atoms. The van der Waals surface area contributed by atoms with Crippen LogP contribution in [0.15, 0.2) is 29.2 Å². The molecule has 1 N–H and O–H groups in total. The Morgan fingerprint density at radius 3 is 2.77 bits per heavy atom. The predicted octanol–water partition coefficient (Wildman–Crippen LogP) is 1.98. The number of esters is 1. The number of alkyl halides is 3. The Morgan fingerprint density at radius 1 is 1.38 bits per heavy atom. The molecule has 1 saturated heterocycles. The molecule has 1 aromatic rings. The number of ether oxygens (including phenoxy) is 1. The van der Waals surface area contributed by atoms with Crippen molar-refractivity contribution in [2.24, 2.45) is 5.92 Å². The van der Waals surface area contributed by atoms with Crippen LogP contribution in [0.25, 0.3) is 0 Å². The lowest BCUT2D eigenvalue weighted by molar-refractivity contribution is -0.154. The Balaban J connectivity index is 1.87. The van der Waals surface area contributed by atoms with Gasteiger partial charge in [-0.15, -0.1) is 11.8 Å². The number of amides is 2. The van der Waals surface area contributed by atoms with E-state index in [0.29, 0.717) is 5.69 Å². The number of hydrogen-bond donors (Lipinski definition) is 1. The number of carbonyl (C=O) groups excluding carboxylic acids is 3. The quantitative estimate of drug-likeness (QED) is 0.594. The molecule has 0 spiro atoms. The third-order valence-corrected chi connectivity index (χ3v) is 4.38. The highest BCUT2D eigenvalue weighted by molar-refractivity contribution is 7.98. The summed E-state index contributed by atoms with van der Waals surface area (Å²) >= 11 is 1.51. The molecular formula is C16H17F3N2O4S. The van der Waals surface area contributed by atoms with Gasteiger partial charge >= 0.3 is 12.1 Å². The van der Waals surface area contributed by atoms with Crippen LogP contribution in [0.2, 0.25) is 0 Å². The van der Waals surface area contributed by atoms with Crippen LogP contribution in [0.1, 0.15) is 6.42 Å². The van der Waals surface area contributed by atoms with Crippen LogP contribution in [-0.2, 0) is 19.1 Å². The van der Waals surface area contributed by atoms with Gasteiger partial charge in [0.05, 0.1) is 5.92 Å². The highest BCUT2D eigenvalue weighted by Gasteiger charge is 2.36. The molecule has 1 aliphatic heterocycles. The number of hydrogen-bond acceptors (Lipinski definition) is 5. The van der Waals surface area contributed by atoms with Crippen molar-refractivity contribution < 1.29 is 32.3 Å². The summed E-state index contributed by atoms with van der Waals surface area (Å²) in [4.78, 5) is 37.8. The Bertz CT molecular complexity index is 696. The van der Waals surface area contributed by atoms with Crippen LogP contribution in [0.4, 0.5) is 18.9 Å². The smallest absolute Gasteiger partial charge is 0.405 e. The van der Waals surface area contributed by atoms with Crippen LogP contribution >= 0.6 is 11.8 Å². The van der Waals surface area contributed by atoms with E-state index < -0.39 is 37.1 Å². The monoisotopic (exact) mass is 390 g/mol. The van der Waals surface area contributed by atoms with Gasteiger partial charge in [0.1, 0.15) is 6.54 Å². The van der Waals surface area contributed by atoms with Gasteiger partial charge in [0.25, 0.3) is 5.91 Å². The van der Waals surface area contributed by atoms with Crippen molar-refractivity contribution in [2.75, 3.05) is 30.9 Å². The lowest BCUT2D eigenvalue weighted by Crippen LogP contribution is -2.37. The fourth-order valence-electron chi connectivity index (χ4n) is 2.40. The third-order valence-electron chi connectivity index (χ3n) is 3.65. The van der Waals surface area contributed by atoms with Gasteiger partial charge < -0.3 is 15.0 Å². The highest BCUT2D eigenvalue weighted by Crippen LogP contribution is 2.28. The normalized spacial score (nSPS) is 17.3. The second kappa shape index (κ2) is 8.43. The Hall–Kier alpha value is -2.23. The van der Waals surface area contributed by atoms with Gasteiger partial charge in [-0.05, 0) is 24.5 Å². The van der Waals surface area contributed by atoms with Gasteiger partial charge in [-0.3, -0.25) is 14.4 Å². The summed E-state index contributed by atoms with van der Waals surface area (Å²) in [6, 6.07) is 7.25. The largest absolute Gasteiger partial charge is 0.455 e. The first-order valence-electron chi connectivity index (χ1n) is 7.64. The summed E-state index contributed by atoms with van der Waals surface area (Å²) in [6.07, 6.45) is -2.72. The molecule has 1 atom stereocenters. The number of nitrogens with one attached hydrogen (secondary N) is 1. The molecule has 2 rings (SSSR count). The maximum Gasteiger partial charge on any atom is 0.405 e. The number of carbonyl (C=O) groups is 3. The third kappa shape index (κ3) is 5.65. The SMILES string of the molecule is CSc1cccc(N2C[C@@H](C(=O)OCC(=O)NCC(F)(F)F)CC2=O)c1. The molecule has 0 aromatic heterocycles. The average molecular weight is 390 g/mol. The molecule has 1 aliphatic rings. The van der Waals surface area contributed by atoms with Crippen LogP contribution in [0.3, 0.4) is 0 Å². The van der Waals surface area contributed by atoms with E-state index in [4.69, 9.17) is 4.74 Å². The van der Waals surface area contributed by atoms with E-state index in [1.54, 1.807) is 17.4 Å². The first-order chi connectivity index (χ1) is 12.2. The summed E-state index contributed by atoms with van der Waals surface area (Å²) in [5.41, 5.74) is 0.653. The maximum absolute atomic E-state index is 12.1. The van der Waals surface area contributed by atoms with Gasteiger partial charge in [-0.25, -0.2) is 0 Å². The molecule has 10 heteroatoms. The molecule has 6 nitrogen and oxygen atoms in total. The summed E-state index contributed by atoms with van der Waals surface area (Å²) in [6.45, 7) is -2.22. The first kappa shape index (κ1) is 20.1.